The standard InChI is InChI=1S/C19H22BrNO4S/c1-19(2,14-5-4-6-15(20)13-14)18(22)21-11-12-25-16-7-9-17(10-8-16)26(3,23)24/h4-10,13H,11-12H2,1-3H3,(H,21,22). The van der Waals surface area contributed by atoms with Crippen LogP contribution in [-0.2, 0) is 20.0 Å². The van der Waals surface area contributed by atoms with E-state index in [4.69, 9.17) is 4.74 Å². The summed E-state index contributed by atoms with van der Waals surface area (Å²) in [5.74, 6) is 0.463. The summed E-state index contributed by atoms with van der Waals surface area (Å²) >= 11 is 3.42. The number of hydrogen-bond donors (Lipinski definition) is 1. The molecule has 0 saturated heterocycles. The van der Waals surface area contributed by atoms with E-state index in [2.05, 4.69) is 21.2 Å². The highest BCUT2D eigenvalue weighted by molar-refractivity contribution is 9.10. The van der Waals surface area contributed by atoms with Crippen molar-refractivity contribution in [2.24, 2.45) is 0 Å². The lowest BCUT2D eigenvalue weighted by Crippen LogP contribution is -2.41. The molecular formula is C19H22BrNO4S. The fourth-order valence-corrected chi connectivity index (χ4v) is 3.38. The van der Waals surface area contributed by atoms with Gasteiger partial charge in [0.25, 0.3) is 0 Å². The molecule has 2 rings (SSSR count). The van der Waals surface area contributed by atoms with Crippen molar-refractivity contribution in [3.8, 4) is 5.75 Å². The summed E-state index contributed by atoms with van der Waals surface area (Å²) in [6.07, 6.45) is 1.16. The molecule has 0 aromatic heterocycles. The van der Waals surface area contributed by atoms with Crippen molar-refractivity contribution in [1.82, 2.24) is 5.32 Å². The highest BCUT2D eigenvalue weighted by Crippen LogP contribution is 2.26. The lowest BCUT2D eigenvalue weighted by molar-refractivity contribution is -0.125. The van der Waals surface area contributed by atoms with E-state index in [1.165, 1.54) is 12.1 Å². The van der Waals surface area contributed by atoms with Crippen LogP contribution in [0, 0.1) is 0 Å². The molecule has 0 fully saturated rings. The first-order valence-electron chi connectivity index (χ1n) is 8.08. The Morgan fingerprint density at radius 3 is 2.38 bits per heavy atom. The van der Waals surface area contributed by atoms with Gasteiger partial charge in [-0.25, -0.2) is 8.42 Å². The van der Waals surface area contributed by atoms with Crippen LogP contribution in [0.5, 0.6) is 5.75 Å². The zero-order valence-electron chi connectivity index (χ0n) is 15.0. The third kappa shape index (κ3) is 5.32. The van der Waals surface area contributed by atoms with Crippen molar-refractivity contribution in [3.05, 3.63) is 58.6 Å². The monoisotopic (exact) mass is 439 g/mol. The quantitative estimate of drug-likeness (QED) is 0.671. The van der Waals surface area contributed by atoms with Crippen molar-refractivity contribution < 1.29 is 17.9 Å². The van der Waals surface area contributed by atoms with Crippen LogP contribution in [0.3, 0.4) is 0 Å². The molecule has 7 heteroatoms. The van der Waals surface area contributed by atoms with Gasteiger partial charge in [-0.1, -0.05) is 28.1 Å². The number of amides is 1. The maximum Gasteiger partial charge on any atom is 0.230 e. The summed E-state index contributed by atoms with van der Waals surface area (Å²) in [6.45, 7) is 4.38. The molecule has 0 aliphatic carbocycles. The Hall–Kier alpha value is -1.86. The zero-order chi connectivity index (χ0) is 19.4. The second-order valence-electron chi connectivity index (χ2n) is 6.48. The van der Waals surface area contributed by atoms with Gasteiger partial charge in [0.1, 0.15) is 12.4 Å². The van der Waals surface area contributed by atoms with Crippen LogP contribution in [0.1, 0.15) is 19.4 Å². The van der Waals surface area contributed by atoms with E-state index in [9.17, 15) is 13.2 Å². The Morgan fingerprint density at radius 1 is 1.15 bits per heavy atom. The molecule has 2 aromatic carbocycles. The molecule has 0 saturated carbocycles. The molecule has 0 atom stereocenters. The van der Waals surface area contributed by atoms with Crippen LogP contribution in [0.2, 0.25) is 0 Å². The van der Waals surface area contributed by atoms with Gasteiger partial charge in [0.05, 0.1) is 16.9 Å². The molecule has 2 aromatic rings. The lowest BCUT2D eigenvalue weighted by atomic mass is 9.84. The van der Waals surface area contributed by atoms with Gasteiger partial charge in [-0.15, -0.1) is 0 Å². The van der Waals surface area contributed by atoms with Crippen molar-refractivity contribution in [3.63, 3.8) is 0 Å². The molecule has 26 heavy (non-hydrogen) atoms. The number of hydrogen-bond acceptors (Lipinski definition) is 4. The summed E-state index contributed by atoms with van der Waals surface area (Å²) < 4.78 is 29.3. The minimum Gasteiger partial charge on any atom is -0.492 e. The second-order valence-corrected chi connectivity index (χ2v) is 9.41. The van der Waals surface area contributed by atoms with E-state index in [-0.39, 0.29) is 10.8 Å². The Labute approximate surface area is 162 Å². The summed E-state index contributed by atoms with van der Waals surface area (Å²) in [7, 11) is -3.22. The summed E-state index contributed by atoms with van der Waals surface area (Å²) in [6, 6.07) is 13.9. The fraction of sp³-hybridized carbons (Fsp3) is 0.316. The molecular weight excluding hydrogens is 418 g/mol. The van der Waals surface area contributed by atoms with Gasteiger partial charge >= 0.3 is 0 Å². The van der Waals surface area contributed by atoms with E-state index in [1.54, 1.807) is 12.1 Å². The van der Waals surface area contributed by atoms with Gasteiger partial charge in [-0.3, -0.25) is 4.79 Å². The first-order valence-corrected chi connectivity index (χ1v) is 10.8. The van der Waals surface area contributed by atoms with Crippen LogP contribution in [0.25, 0.3) is 0 Å². The highest BCUT2D eigenvalue weighted by Gasteiger charge is 2.29. The molecule has 0 heterocycles. The first-order chi connectivity index (χ1) is 12.1. The maximum atomic E-state index is 12.5. The van der Waals surface area contributed by atoms with E-state index < -0.39 is 15.3 Å². The average molecular weight is 440 g/mol. The topological polar surface area (TPSA) is 72.5 Å². The number of rotatable bonds is 7. The Morgan fingerprint density at radius 2 is 1.81 bits per heavy atom. The first kappa shape index (κ1) is 20.5. The van der Waals surface area contributed by atoms with Gasteiger partial charge in [-0.05, 0) is 55.8 Å². The maximum absolute atomic E-state index is 12.5. The zero-order valence-corrected chi connectivity index (χ0v) is 17.4. The predicted molar refractivity (Wildman–Crippen MR) is 105 cm³/mol. The number of ether oxygens (including phenoxy) is 1. The molecule has 140 valence electrons. The van der Waals surface area contributed by atoms with Crippen molar-refractivity contribution in [2.75, 3.05) is 19.4 Å². The minimum absolute atomic E-state index is 0.0911. The summed E-state index contributed by atoms with van der Waals surface area (Å²) in [5.41, 5.74) is 0.252. The van der Waals surface area contributed by atoms with Crippen LogP contribution < -0.4 is 10.1 Å². The van der Waals surface area contributed by atoms with Crippen LogP contribution in [0.15, 0.2) is 57.9 Å². The van der Waals surface area contributed by atoms with Gasteiger partial charge < -0.3 is 10.1 Å². The molecule has 0 spiro atoms. The number of carbonyl (C=O) groups excluding carboxylic acids is 1. The molecule has 0 bridgehead atoms. The Balaban J connectivity index is 1.86. The van der Waals surface area contributed by atoms with Crippen LogP contribution in [0.4, 0.5) is 0 Å². The Bertz CT molecular complexity index is 877. The van der Waals surface area contributed by atoms with Crippen LogP contribution >= 0.6 is 15.9 Å². The highest BCUT2D eigenvalue weighted by atomic mass is 79.9. The van der Waals surface area contributed by atoms with E-state index >= 15 is 0 Å². The molecule has 0 unspecified atom stereocenters. The third-order valence-corrected chi connectivity index (χ3v) is 5.64. The number of nitrogens with one attached hydrogen (secondary N) is 1. The number of benzene rings is 2. The molecule has 0 radical (unpaired) electrons. The molecule has 0 aliphatic heterocycles. The van der Waals surface area contributed by atoms with Gasteiger partial charge in [-0.2, -0.15) is 0 Å². The number of halogens is 1. The van der Waals surface area contributed by atoms with Gasteiger partial charge in [0, 0.05) is 10.7 Å². The van der Waals surface area contributed by atoms with Crippen molar-refractivity contribution >= 4 is 31.7 Å². The lowest BCUT2D eigenvalue weighted by Gasteiger charge is -2.24. The number of carbonyl (C=O) groups is 1. The molecule has 1 amide bonds. The van der Waals surface area contributed by atoms with Gasteiger partial charge in [0.2, 0.25) is 5.91 Å². The average Bonchev–Trinajstić information content (AvgIpc) is 2.58. The predicted octanol–water partition coefficient (Wildman–Crippen LogP) is 3.33. The molecule has 0 aliphatic rings. The second kappa shape index (κ2) is 8.22. The molecule has 1 N–H and O–H groups in total. The summed E-state index contributed by atoms with van der Waals surface area (Å²) in [4.78, 5) is 12.7. The molecule has 5 nitrogen and oxygen atoms in total. The van der Waals surface area contributed by atoms with E-state index in [0.29, 0.717) is 18.9 Å². The van der Waals surface area contributed by atoms with E-state index in [1.807, 2.05) is 38.1 Å². The minimum atomic E-state index is -3.22. The van der Waals surface area contributed by atoms with Gasteiger partial charge in [0.15, 0.2) is 9.84 Å². The van der Waals surface area contributed by atoms with Crippen LogP contribution in [-0.4, -0.2) is 33.7 Å². The smallest absolute Gasteiger partial charge is 0.230 e. The normalized spacial score (nSPS) is 11.8. The van der Waals surface area contributed by atoms with Crippen molar-refractivity contribution in [1.29, 1.82) is 0 Å². The third-order valence-electron chi connectivity index (χ3n) is 4.02. The largest absolute Gasteiger partial charge is 0.492 e. The van der Waals surface area contributed by atoms with E-state index in [0.717, 1.165) is 16.3 Å². The summed E-state index contributed by atoms with van der Waals surface area (Å²) in [5, 5.41) is 2.87. The Kier molecular flexibility index (Phi) is 6.47. The fourth-order valence-electron chi connectivity index (χ4n) is 2.35. The number of sulfone groups is 1. The SMILES string of the molecule is CC(C)(C(=O)NCCOc1ccc(S(C)(=O)=O)cc1)c1cccc(Br)c1. The van der Waals surface area contributed by atoms with Crippen molar-refractivity contribution in [2.45, 2.75) is 24.2 Å².